The van der Waals surface area contributed by atoms with Gasteiger partial charge in [0.1, 0.15) is 5.69 Å². The van der Waals surface area contributed by atoms with E-state index >= 15 is 0 Å². The van der Waals surface area contributed by atoms with Gasteiger partial charge in [-0.15, -0.1) is 0 Å². The zero-order valence-electron chi connectivity index (χ0n) is 36.1. The number of esters is 2. The molecule has 19 nitrogen and oxygen atoms in total. The van der Waals surface area contributed by atoms with E-state index in [1.165, 1.54) is 30.3 Å². The second kappa shape index (κ2) is 27.5. The summed E-state index contributed by atoms with van der Waals surface area (Å²) >= 11 is 0. The second-order valence-electron chi connectivity index (χ2n) is 15.0. The van der Waals surface area contributed by atoms with Crippen LogP contribution in [0.3, 0.4) is 0 Å². The number of nitrogens with zero attached hydrogens (tertiary/aromatic N) is 1. The van der Waals surface area contributed by atoms with Crippen molar-refractivity contribution in [2.75, 3.05) is 16.8 Å². The Hall–Kier alpha value is -4.69. The molecule has 0 amide bonds. The first-order chi connectivity index (χ1) is 28.3. The number of nitrogens with two attached hydrogens (primary N) is 2. The third-order valence-electron chi connectivity index (χ3n) is 9.64. The van der Waals surface area contributed by atoms with Crippen LogP contribution in [0.25, 0.3) is 0 Å². The summed E-state index contributed by atoms with van der Waals surface area (Å²) in [4.78, 5) is 43.2. The van der Waals surface area contributed by atoms with Gasteiger partial charge in [0.15, 0.2) is 0 Å². The smallest absolute Gasteiger partial charge is 0.309 e. The standard InChI is InChI=1S/C23H29N3O6S.C16H25N3O4S.CH2O2.CH3.H3N.Pd/c1-16(2)32-23(27)18-8-10-19(11-9-18)25-33(30,31)20-12-13-21(22(14-20)26(28)29)24-15-17-6-4-3-5-7-17;1-10(2)23-16(20)11-3-5-12(6-4-11)19-24(21,22)13-7-8-14(17)15(18)9-13;2-1-3;;;/h3-7,12-14,16,18-19,24-25H,8-11,15H2,1-2H3;7-12,19H,3-6,17-18H2,1-2H3;1H,(H,2,3);2*1H3;/q;;;-1;;. The summed E-state index contributed by atoms with van der Waals surface area (Å²) in [5, 5.41) is 21.5. The van der Waals surface area contributed by atoms with Crippen molar-refractivity contribution in [1.29, 1.82) is 0 Å². The first-order valence-corrected chi connectivity index (χ1v) is 22.5. The summed E-state index contributed by atoms with van der Waals surface area (Å²) in [5.41, 5.74) is 12.7. The number of hydrogen-bond donors (Lipinski definition) is 7. The number of ether oxygens (including phenoxy) is 2. The maximum absolute atomic E-state index is 12.9. The van der Waals surface area contributed by atoms with E-state index < -0.39 is 25.0 Å². The summed E-state index contributed by atoms with van der Waals surface area (Å²) in [6, 6.07) is 16.9. The number of nitro groups is 1. The zero-order valence-corrected chi connectivity index (χ0v) is 39.3. The quantitative estimate of drug-likeness (QED) is 0.0187. The van der Waals surface area contributed by atoms with Gasteiger partial charge < -0.3 is 44.9 Å². The summed E-state index contributed by atoms with van der Waals surface area (Å²) < 4.78 is 66.4. The predicted octanol–water partition coefficient (Wildman–Crippen LogP) is 5.95. The predicted molar refractivity (Wildman–Crippen MR) is 237 cm³/mol. The average Bonchev–Trinajstić information content (AvgIpc) is 3.18. The van der Waals surface area contributed by atoms with E-state index in [0.717, 1.165) is 11.6 Å². The van der Waals surface area contributed by atoms with Crippen LogP contribution in [0.15, 0.2) is 76.5 Å². The summed E-state index contributed by atoms with van der Waals surface area (Å²) in [7, 11) is -7.61. The number of carboxylic acid groups (broad SMARTS) is 1. The third-order valence-corrected chi connectivity index (χ3v) is 12.7. The Balaban J connectivity index is 0.00000114. The van der Waals surface area contributed by atoms with Gasteiger partial charge in [-0.25, -0.2) is 26.3 Å². The maximum atomic E-state index is 12.9. The van der Waals surface area contributed by atoms with Gasteiger partial charge in [-0.05, 0) is 115 Å². The number of rotatable bonds is 14. The second-order valence-corrected chi connectivity index (χ2v) is 18.4. The van der Waals surface area contributed by atoms with E-state index in [1.807, 2.05) is 44.2 Å². The summed E-state index contributed by atoms with van der Waals surface area (Å²) in [5.74, 6) is -0.831. The molecule has 2 fully saturated rings. The molecule has 63 heavy (non-hydrogen) atoms. The fraction of sp³-hybridized carbons (Fsp3) is 0.463. The Morgan fingerprint density at radius 2 is 1.17 bits per heavy atom. The summed E-state index contributed by atoms with van der Waals surface area (Å²) in [6.07, 6.45) is 4.15. The average molecular weight is 1020 g/mol. The minimum Gasteiger partial charge on any atom is -0.483 e. The number of nitrogen functional groups attached to an aromatic ring is 2. The molecule has 0 bridgehead atoms. The minimum atomic E-state index is -3.95. The zero-order chi connectivity index (χ0) is 44.6. The molecule has 5 rings (SSSR count). The molecule has 0 atom stereocenters. The number of benzene rings is 3. The van der Waals surface area contributed by atoms with E-state index in [1.54, 1.807) is 13.8 Å². The fourth-order valence-electron chi connectivity index (χ4n) is 6.62. The van der Waals surface area contributed by atoms with Crippen LogP contribution in [-0.2, 0) is 70.9 Å². The SMILES string of the molecule is CC(C)OC(=O)C1CCC(NS(=O)(=O)c2ccc(N)c(N)c2)CC1.CC(C)OC(=O)C1CCC(NS(=O)(=O)c2ccc(NCc3ccccc3)c([N+](=O)[O-])c2)CC1.N.O=CO.[CH3-].[Pd]. The largest absolute Gasteiger partial charge is 0.483 e. The fourth-order valence-corrected chi connectivity index (χ4v) is 9.28. The van der Waals surface area contributed by atoms with E-state index in [4.69, 9.17) is 30.8 Å². The van der Waals surface area contributed by atoms with Crippen LogP contribution in [0.2, 0.25) is 0 Å². The van der Waals surface area contributed by atoms with Crippen LogP contribution in [0.1, 0.15) is 84.6 Å². The normalized spacial score (nSPS) is 18.2. The number of carbonyl (C=O) groups is 3. The van der Waals surface area contributed by atoms with Gasteiger partial charge in [0.2, 0.25) is 20.0 Å². The van der Waals surface area contributed by atoms with Crippen molar-refractivity contribution in [2.45, 2.75) is 120 Å². The molecule has 3 aromatic rings. The molecule has 0 spiro atoms. The van der Waals surface area contributed by atoms with Crippen LogP contribution in [0.4, 0.5) is 22.7 Å². The van der Waals surface area contributed by atoms with E-state index in [9.17, 15) is 36.5 Å². The molecule has 2 aliphatic rings. The third kappa shape index (κ3) is 18.9. The first-order valence-electron chi connectivity index (χ1n) is 19.5. The van der Waals surface area contributed by atoms with Gasteiger partial charge in [0.05, 0.1) is 50.1 Å². The monoisotopic (exact) mass is 1010 g/mol. The topological polar surface area (TPSA) is 324 Å². The van der Waals surface area contributed by atoms with Gasteiger partial charge >= 0.3 is 11.9 Å². The molecule has 0 saturated heterocycles. The van der Waals surface area contributed by atoms with Gasteiger partial charge in [0.25, 0.3) is 12.2 Å². The van der Waals surface area contributed by atoms with E-state index in [0.29, 0.717) is 63.6 Å². The number of sulfonamides is 2. The molecule has 11 N–H and O–H groups in total. The van der Waals surface area contributed by atoms with Gasteiger partial charge in [-0.1, -0.05) is 30.3 Å². The molecule has 3 aromatic carbocycles. The molecular formula is C41H62N7O12PdS2-. The van der Waals surface area contributed by atoms with Crippen molar-refractivity contribution in [3.63, 3.8) is 0 Å². The Kier molecular flexibility index (Phi) is 25.4. The van der Waals surface area contributed by atoms with Crippen molar-refractivity contribution in [3.05, 3.63) is 89.8 Å². The minimum absolute atomic E-state index is 0. The Bertz CT molecular complexity index is 2130. The first kappa shape index (κ1) is 58.3. The number of anilines is 3. The van der Waals surface area contributed by atoms with Gasteiger partial charge in [-0.3, -0.25) is 24.5 Å². The molecule has 0 radical (unpaired) electrons. The maximum Gasteiger partial charge on any atom is 0.309 e. The van der Waals surface area contributed by atoms with Crippen molar-refractivity contribution in [2.24, 2.45) is 11.8 Å². The van der Waals surface area contributed by atoms with Crippen molar-refractivity contribution in [1.82, 2.24) is 15.6 Å². The van der Waals surface area contributed by atoms with Crippen LogP contribution < -0.4 is 32.4 Å². The number of hydrogen-bond acceptors (Lipinski definition) is 15. The molecular weight excluding hydrogens is 953 g/mol. The molecule has 0 heterocycles. The van der Waals surface area contributed by atoms with Crippen LogP contribution >= 0.6 is 0 Å². The molecule has 2 saturated carbocycles. The van der Waals surface area contributed by atoms with Crippen molar-refractivity contribution >= 4 is 61.2 Å². The number of nitrogens with one attached hydrogen (secondary N) is 3. The van der Waals surface area contributed by atoms with Gasteiger partial charge in [-0.2, -0.15) is 0 Å². The van der Waals surface area contributed by atoms with Crippen molar-refractivity contribution in [3.8, 4) is 0 Å². The van der Waals surface area contributed by atoms with Crippen molar-refractivity contribution < 1.29 is 71.1 Å². The van der Waals surface area contributed by atoms with Gasteiger partial charge in [0, 0.05) is 45.1 Å². The molecule has 356 valence electrons. The van der Waals surface area contributed by atoms with Crippen LogP contribution in [-0.4, -0.2) is 69.6 Å². The molecule has 0 unspecified atom stereocenters. The molecule has 22 heteroatoms. The Morgan fingerprint density at radius 1 is 0.762 bits per heavy atom. The summed E-state index contributed by atoms with van der Waals surface area (Å²) in [6.45, 7) is 7.33. The number of nitro benzene ring substituents is 1. The molecule has 2 aliphatic carbocycles. The Labute approximate surface area is 384 Å². The van der Waals surface area contributed by atoms with E-state index in [2.05, 4.69) is 14.8 Å². The Morgan fingerprint density at radius 3 is 1.57 bits per heavy atom. The molecule has 0 aromatic heterocycles. The van der Waals surface area contributed by atoms with E-state index in [-0.39, 0.29) is 115 Å². The van der Waals surface area contributed by atoms with Crippen LogP contribution in [0, 0.1) is 29.4 Å². The number of carbonyl (C=O) groups excluding carboxylic acids is 2. The molecule has 0 aliphatic heterocycles. The van der Waals surface area contributed by atoms with Crippen LogP contribution in [0.5, 0.6) is 0 Å².